The minimum Gasteiger partial charge on any atom is -0.493 e. The highest BCUT2D eigenvalue weighted by Crippen LogP contribution is 2.34. The number of aliphatic hydroxyl groups is 3. The molecule has 1 aliphatic carbocycles. The van der Waals surface area contributed by atoms with E-state index < -0.39 is 0 Å². The summed E-state index contributed by atoms with van der Waals surface area (Å²) in [6.45, 7) is 29.4. The van der Waals surface area contributed by atoms with E-state index in [9.17, 15) is 14.6 Å². The van der Waals surface area contributed by atoms with Gasteiger partial charge in [-0.15, -0.1) is 11.6 Å². The molecule has 0 bridgehead atoms. The first-order valence-electron chi connectivity index (χ1n) is 17.7. The summed E-state index contributed by atoms with van der Waals surface area (Å²) in [5, 5.41) is 26.4. The van der Waals surface area contributed by atoms with Gasteiger partial charge in [-0.1, -0.05) is 81.2 Å². The molecule has 0 heterocycles. The van der Waals surface area contributed by atoms with E-state index in [1.807, 2.05) is 27.7 Å². The zero-order valence-electron chi connectivity index (χ0n) is 32.4. The summed E-state index contributed by atoms with van der Waals surface area (Å²) >= 11 is 7.03. The predicted molar refractivity (Wildman–Crippen MR) is 208 cm³/mol. The van der Waals surface area contributed by atoms with Gasteiger partial charge in [-0.05, 0) is 102 Å². The summed E-state index contributed by atoms with van der Waals surface area (Å²) in [6, 6.07) is 0. The van der Waals surface area contributed by atoms with Gasteiger partial charge in [-0.2, -0.15) is 11.8 Å². The van der Waals surface area contributed by atoms with Crippen molar-refractivity contribution in [2.75, 3.05) is 31.0 Å². The Hall–Kier alpha value is -0.570. The average Bonchev–Trinajstić information content (AvgIpc) is 2.99. The van der Waals surface area contributed by atoms with Gasteiger partial charge in [0.2, 0.25) is 0 Å². The lowest BCUT2D eigenvalue weighted by Crippen LogP contribution is -2.25. The van der Waals surface area contributed by atoms with Crippen LogP contribution in [0.4, 0.5) is 4.39 Å². The number of hydrogen-bond acceptors (Lipinski definition) is 6. The number of nitrogens with two attached hydrogens (primary N) is 1. The van der Waals surface area contributed by atoms with Crippen molar-refractivity contribution in [3.05, 3.63) is 35.9 Å². The van der Waals surface area contributed by atoms with Gasteiger partial charge < -0.3 is 25.8 Å². The summed E-state index contributed by atoms with van der Waals surface area (Å²) in [7, 11) is 1.00. The number of ether oxygens (including phenoxy) is 1. The fourth-order valence-corrected chi connectivity index (χ4v) is 5.24. The maximum Gasteiger partial charge on any atom is 0.122 e. The molecule has 0 saturated heterocycles. The molecular formula is C38H79ClFNO4S. The van der Waals surface area contributed by atoms with E-state index in [4.69, 9.17) is 27.2 Å². The summed E-state index contributed by atoms with van der Waals surface area (Å²) in [4.78, 5) is 0. The summed E-state index contributed by atoms with van der Waals surface area (Å²) < 4.78 is 19.4. The number of rotatable bonds is 15. The zero-order valence-corrected chi connectivity index (χ0v) is 34.0. The van der Waals surface area contributed by atoms with Crippen LogP contribution >= 0.6 is 23.4 Å². The van der Waals surface area contributed by atoms with E-state index in [0.717, 1.165) is 51.5 Å². The van der Waals surface area contributed by atoms with Gasteiger partial charge in [0.25, 0.3) is 0 Å². The molecule has 0 spiro atoms. The van der Waals surface area contributed by atoms with E-state index in [0.29, 0.717) is 47.1 Å². The highest BCUT2D eigenvalue weighted by molar-refractivity contribution is 7.99. The van der Waals surface area contributed by atoms with Gasteiger partial charge in [0.15, 0.2) is 0 Å². The lowest BCUT2D eigenvalue weighted by molar-refractivity contribution is 0.0305. The first-order valence-corrected chi connectivity index (χ1v) is 19.4. The van der Waals surface area contributed by atoms with Crippen LogP contribution < -0.4 is 5.73 Å². The Labute approximate surface area is 296 Å². The van der Waals surface area contributed by atoms with Crippen LogP contribution in [0, 0.1) is 17.8 Å². The lowest BCUT2D eigenvalue weighted by Gasteiger charge is -2.33. The van der Waals surface area contributed by atoms with Crippen LogP contribution in [0.25, 0.3) is 0 Å². The molecule has 0 radical (unpaired) electrons. The van der Waals surface area contributed by atoms with Crippen LogP contribution in [-0.4, -0.2) is 64.2 Å². The summed E-state index contributed by atoms with van der Waals surface area (Å²) in [5.41, 5.74) is 5.22. The quantitative estimate of drug-likeness (QED) is 0.100. The fourth-order valence-electron chi connectivity index (χ4n) is 4.19. The minimum absolute atomic E-state index is 0.109. The standard InChI is InChI=1S/C16H28ClFOS.C14H26O2.C3H8.C2H7N.C2H6.CH4O/c1-4-6-13(2)8-9-15(19)12-20-11-14(3)16(18)7-5-10-17;1-10-6-7-13(16-14(3,4)5)9-12(10)8-11(2)15;1-3-2;1-2-3;2*1-2/h7,13,15,19H,3-6,8-12H2,1-2H3;7,10-12,15H,6,8-9H2,1-5H3;3H2,1-2H3;2-3H2,1H3;1-2H3;2H,1H3/b16-7+;;;;;/t;10?,11-,12+;;;;/m.0..../s1. The maximum atomic E-state index is 13.5. The summed E-state index contributed by atoms with van der Waals surface area (Å²) in [6.07, 6.45) is 12.2. The van der Waals surface area contributed by atoms with Crippen molar-refractivity contribution in [2.45, 2.75) is 159 Å². The third-order valence-corrected chi connectivity index (χ3v) is 7.59. The Bertz CT molecular complexity index is 697. The first-order chi connectivity index (χ1) is 21.6. The van der Waals surface area contributed by atoms with E-state index in [1.54, 1.807) is 0 Å². The molecule has 0 fully saturated rings. The Morgan fingerprint density at radius 2 is 1.65 bits per heavy atom. The molecule has 0 aliphatic heterocycles. The largest absolute Gasteiger partial charge is 0.493 e. The minimum atomic E-state index is -0.304. The normalized spacial score (nSPS) is 17.5. The summed E-state index contributed by atoms with van der Waals surface area (Å²) in [5.74, 6) is 4.30. The number of hydrogen-bond donors (Lipinski definition) is 4. The molecule has 0 aromatic carbocycles. The van der Waals surface area contributed by atoms with Crippen molar-refractivity contribution in [3.8, 4) is 0 Å². The van der Waals surface area contributed by atoms with Gasteiger partial charge in [-0.3, -0.25) is 0 Å². The van der Waals surface area contributed by atoms with E-state index in [-0.39, 0.29) is 23.6 Å². The Kier molecular flexibility index (Phi) is 46.4. The molecule has 0 aromatic rings. The van der Waals surface area contributed by atoms with Crippen molar-refractivity contribution in [2.24, 2.45) is 23.5 Å². The predicted octanol–water partition coefficient (Wildman–Crippen LogP) is 10.9. The number of halogens is 2. The van der Waals surface area contributed by atoms with Gasteiger partial charge in [-0.25, -0.2) is 4.39 Å². The third kappa shape index (κ3) is 41.5. The first kappa shape index (κ1) is 54.9. The zero-order chi connectivity index (χ0) is 37.1. The smallest absolute Gasteiger partial charge is 0.122 e. The average molecular weight is 701 g/mol. The second-order valence-electron chi connectivity index (χ2n) is 12.5. The molecule has 1 rings (SSSR count). The molecule has 8 heteroatoms. The van der Waals surface area contributed by atoms with Crippen LogP contribution in [0.1, 0.15) is 141 Å². The van der Waals surface area contributed by atoms with Gasteiger partial charge >= 0.3 is 0 Å². The van der Waals surface area contributed by atoms with E-state index in [1.165, 1.54) is 37.1 Å². The molecule has 5 atom stereocenters. The van der Waals surface area contributed by atoms with Crippen LogP contribution in [0.15, 0.2) is 35.9 Å². The molecule has 5 nitrogen and oxygen atoms in total. The molecule has 46 heavy (non-hydrogen) atoms. The fraction of sp³-hybridized carbons (Fsp3) is 0.842. The van der Waals surface area contributed by atoms with E-state index >= 15 is 0 Å². The Morgan fingerprint density at radius 3 is 2.09 bits per heavy atom. The Balaban J connectivity index is -0.000000192. The van der Waals surface area contributed by atoms with Gasteiger partial charge in [0.05, 0.1) is 18.0 Å². The van der Waals surface area contributed by atoms with Crippen LogP contribution in [0.2, 0.25) is 0 Å². The van der Waals surface area contributed by atoms with E-state index in [2.05, 4.69) is 68.0 Å². The van der Waals surface area contributed by atoms with Crippen LogP contribution in [0.3, 0.4) is 0 Å². The van der Waals surface area contributed by atoms with Crippen molar-refractivity contribution in [1.82, 2.24) is 0 Å². The molecule has 0 aromatic heterocycles. The lowest BCUT2D eigenvalue weighted by atomic mass is 9.80. The molecule has 1 aliphatic rings. The second-order valence-corrected chi connectivity index (χ2v) is 13.9. The second kappa shape index (κ2) is 38.9. The third-order valence-electron chi connectivity index (χ3n) is 6.20. The molecule has 0 amide bonds. The monoisotopic (exact) mass is 700 g/mol. The number of thioether (sulfide) groups is 1. The van der Waals surface area contributed by atoms with Crippen LogP contribution in [0.5, 0.6) is 0 Å². The Morgan fingerprint density at radius 1 is 1.13 bits per heavy atom. The number of alkyl halides is 1. The van der Waals surface area contributed by atoms with Crippen LogP contribution in [-0.2, 0) is 4.74 Å². The molecule has 0 saturated carbocycles. The van der Waals surface area contributed by atoms with Gasteiger partial charge in [0.1, 0.15) is 11.4 Å². The van der Waals surface area contributed by atoms with Crippen molar-refractivity contribution in [1.29, 1.82) is 0 Å². The van der Waals surface area contributed by atoms with Crippen molar-refractivity contribution < 1.29 is 24.4 Å². The highest BCUT2D eigenvalue weighted by atomic mass is 35.5. The maximum absolute atomic E-state index is 13.5. The SMILES string of the molecule is C=C(CSCC(O)CCC(C)CCC)/C(F)=C\CCCl.CC.CC1CC=C(OC(C)(C)C)C[C@H]1C[C@H](C)O.CCC.CCN.CO. The molecular weight excluding hydrogens is 621 g/mol. The molecule has 3 unspecified atom stereocenters. The molecule has 280 valence electrons. The highest BCUT2D eigenvalue weighted by Gasteiger charge is 2.26. The topological polar surface area (TPSA) is 95.9 Å². The number of allylic oxidation sites excluding steroid dienone is 4. The van der Waals surface area contributed by atoms with Crippen molar-refractivity contribution >= 4 is 23.4 Å². The van der Waals surface area contributed by atoms with Crippen molar-refractivity contribution in [3.63, 3.8) is 0 Å². The molecule has 5 N–H and O–H groups in total. The van der Waals surface area contributed by atoms with Gasteiger partial charge in [0, 0.05) is 30.9 Å². The number of aliphatic hydroxyl groups excluding tert-OH is 3.